The maximum absolute atomic E-state index is 12.0. The number of carbonyl (C=O) groups excluding carboxylic acids is 1. The third kappa shape index (κ3) is 3.04. The van der Waals surface area contributed by atoms with Crippen molar-refractivity contribution in [2.75, 3.05) is 6.54 Å². The Morgan fingerprint density at radius 1 is 1.41 bits per heavy atom. The van der Waals surface area contributed by atoms with E-state index < -0.39 is 0 Å². The van der Waals surface area contributed by atoms with E-state index in [4.69, 9.17) is 0 Å². The van der Waals surface area contributed by atoms with Crippen LogP contribution in [0.1, 0.15) is 40.7 Å². The van der Waals surface area contributed by atoms with Crippen LogP contribution in [0.15, 0.2) is 30.9 Å². The third-order valence-corrected chi connectivity index (χ3v) is 3.23. The Hall–Kier alpha value is -1.41. The van der Waals surface area contributed by atoms with Gasteiger partial charge in [0.25, 0.3) is 0 Å². The molecule has 1 aromatic carbocycles. The van der Waals surface area contributed by atoms with Gasteiger partial charge in [-0.3, -0.25) is 4.79 Å². The number of hydrogen-bond acceptors (Lipinski definition) is 2. The van der Waals surface area contributed by atoms with E-state index >= 15 is 0 Å². The van der Waals surface area contributed by atoms with Gasteiger partial charge in [0, 0.05) is 18.5 Å². The van der Waals surface area contributed by atoms with Gasteiger partial charge in [0.2, 0.25) is 0 Å². The van der Waals surface area contributed by atoms with Gasteiger partial charge in [-0.05, 0) is 43.0 Å². The van der Waals surface area contributed by atoms with Crippen LogP contribution >= 0.6 is 0 Å². The molecule has 2 nitrogen and oxygen atoms in total. The van der Waals surface area contributed by atoms with Gasteiger partial charge < -0.3 is 5.32 Å². The summed E-state index contributed by atoms with van der Waals surface area (Å²) >= 11 is 0. The van der Waals surface area contributed by atoms with Crippen LogP contribution in [0.3, 0.4) is 0 Å². The predicted molar refractivity (Wildman–Crippen MR) is 70.2 cm³/mol. The molecule has 0 aromatic heterocycles. The molecular weight excluding hydrogens is 210 g/mol. The van der Waals surface area contributed by atoms with Crippen molar-refractivity contribution in [1.82, 2.24) is 5.32 Å². The van der Waals surface area contributed by atoms with E-state index in [1.807, 2.05) is 12.1 Å². The van der Waals surface area contributed by atoms with Crippen molar-refractivity contribution in [2.24, 2.45) is 0 Å². The van der Waals surface area contributed by atoms with Gasteiger partial charge in [-0.25, -0.2) is 0 Å². The van der Waals surface area contributed by atoms with E-state index in [1.165, 1.54) is 11.1 Å². The van der Waals surface area contributed by atoms with Gasteiger partial charge in [0.15, 0.2) is 5.78 Å². The van der Waals surface area contributed by atoms with Gasteiger partial charge in [-0.2, -0.15) is 0 Å². The zero-order chi connectivity index (χ0) is 12.1. The molecule has 2 rings (SSSR count). The first-order valence-electron chi connectivity index (χ1n) is 6.28. The fraction of sp³-hybridized carbons (Fsp3) is 0.400. The highest BCUT2D eigenvalue weighted by molar-refractivity contribution is 5.96. The first-order valence-corrected chi connectivity index (χ1v) is 6.28. The highest BCUT2D eigenvalue weighted by atomic mass is 16.1. The first-order chi connectivity index (χ1) is 8.31. The highest BCUT2D eigenvalue weighted by Crippen LogP contribution is 2.17. The maximum atomic E-state index is 12.0. The number of benzene rings is 1. The summed E-state index contributed by atoms with van der Waals surface area (Å²) in [6, 6.07) is 6.13. The number of rotatable bonds is 5. The van der Waals surface area contributed by atoms with E-state index in [0.29, 0.717) is 6.42 Å². The van der Waals surface area contributed by atoms with Crippen molar-refractivity contribution in [2.45, 2.75) is 32.2 Å². The molecule has 1 aliphatic heterocycles. The van der Waals surface area contributed by atoms with Crippen molar-refractivity contribution in [1.29, 1.82) is 0 Å². The molecule has 1 N–H and O–H groups in total. The number of hydrogen-bond donors (Lipinski definition) is 1. The Balaban J connectivity index is 2.05. The lowest BCUT2D eigenvalue weighted by molar-refractivity contribution is 0.0980. The van der Waals surface area contributed by atoms with Crippen LogP contribution in [-0.2, 0) is 13.0 Å². The second kappa shape index (κ2) is 5.78. The molecule has 1 aliphatic rings. The quantitative estimate of drug-likeness (QED) is 0.478. The molecular formula is C15H19NO. The number of nitrogens with one attached hydrogen (secondary N) is 1. The number of Topliss-reactive ketones (excluding diaryl/α,β-unsaturated/α-hetero) is 1. The van der Waals surface area contributed by atoms with Crippen LogP contribution in [0.25, 0.3) is 0 Å². The predicted octanol–water partition coefficient (Wildman–Crippen LogP) is 2.87. The molecule has 0 fully saturated rings. The molecule has 0 atom stereocenters. The zero-order valence-corrected chi connectivity index (χ0v) is 10.2. The molecule has 17 heavy (non-hydrogen) atoms. The molecule has 0 amide bonds. The smallest absolute Gasteiger partial charge is 0.162 e. The number of unbranched alkanes of at least 4 members (excludes halogenated alkanes) is 1. The Kier molecular flexibility index (Phi) is 4.10. The lowest BCUT2D eigenvalue weighted by atomic mass is 9.96. The number of carbonyl (C=O) groups is 1. The van der Waals surface area contributed by atoms with Gasteiger partial charge in [-0.1, -0.05) is 18.2 Å². The summed E-state index contributed by atoms with van der Waals surface area (Å²) in [5.74, 6) is 0.250. The molecule has 0 radical (unpaired) electrons. The fourth-order valence-electron chi connectivity index (χ4n) is 2.21. The molecule has 0 spiro atoms. The standard InChI is InChI=1S/C15H19NO/c1-2-3-4-5-15(17)13-7-6-12-8-9-16-11-14(12)10-13/h2,6-7,10,16H,1,3-5,8-9,11H2. The average molecular weight is 229 g/mol. The van der Waals surface area contributed by atoms with E-state index in [2.05, 4.69) is 24.0 Å². The third-order valence-electron chi connectivity index (χ3n) is 3.23. The van der Waals surface area contributed by atoms with Gasteiger partial charge in [0.05, 0.1) is 0 Å². The van der Waals surface area contributed by atoms with Crippen LogP contribution in [0, 0.1) is 0 Å². The molecule has 90 valence electrons. The van der Waals surface area contributed by atoms with Gasteiger partial charge >= 0.3 is 0 Å². The minimum atomic E-state index is 0.250. The summed E-state index contributed by atoms with van der Waals surface area (Å²) in [7, 11) is 0. The number of allylic oxidation sites excluding steroid dienone is 1. The Labute approximate surface area is 103 Å². The topological polar surface area (TPSA) is 29.1 Å². The molecule has 1 aromatic rings. The van der Waals surface area contributed by atoms with Crippen LogP contribution in [-0.4, -0.2) is 12.3 Å². The van der Waals surface area contributed by atoms with Gasteiger partial charge in [0.1, 0.15) is 0 Å². The summed E-state index contributed by atoms with van der Waals surface area (Å²) in [5.41, 5.74) is 3.52. The average Bonchev–Trinajstić information content (AvgIpc) is 2.38. The molecule has 0 bridgehead atoms. The minimum absolute atomic E-state index is 0.250. The zero-order valence-electron chi connectivity index (χ0n) is 10.2. The van der Waals surface area contributed by atoms with E-state index in [-0.39, 0.29) is 5.78 Å². The molecule has 2 heteroatoms. The second-order valence-electron chi connectivity index (χ2n) is 4.51. The summed E-state index contributed by atoms with van der Waals surface area (Å²) in [4.78, 5) is 12.0. The van der Waals surface area contributed by atoms with Crippen LogP contribution in [0.5, 0.6) is 0 Å². The minimum Gasteiger partial charge on any atom is -0.312 e. The summed E-state index contributed by atoms with van der Waals surface area (Å²) in [6.07, 6.45) is 5.37. The molecule has 0 unspecified atom stereocenters. The summed E-state index contributed by atoms with van der Waals surface area (Å²) in [5, 5.41) is 3.33. The normalized spacial score (nSPS) is 14.1. The first kappa shape index (κ1) is 12.1. The Morgan fingerprint density at radius 2 is 2.29 bits per heavy atom. The fourth-order valence-corrected chi connectivity index (χ4v) is 2.21. The monoisotopic (exact) mass is 229 g/mol. The van der Waals surface area contributed by atoms with Crippen molar-refractivity contribution >= 4 is 5.78 Å². The largest absolute Gasteiger partial charge is 0.312 e. The van der Waals surface area contributed by atoms with Crippen LogP contribution < -0.4 is 5.32 Å². The van der Waals surface area contributed by atoms with Gasteiger partial charge in [-0.15, -0.1) is 6.58 Å². The lowest BCUT2D eigenvalue weighted by Gasteiger charge is -2.17. The SMILES string of the molecule is C=CCCCC(=O)c1ccc2c(c1)CNCC2. The second-order valence-corrected chi connectivity index (χ2v) is 4.51. The van der Waals surface area contributed by atoms with E-state index in [9.17, 15) is 4.79 Å². The van der Waals surface area contributed by atoms with Crippen molar-refractivity contribution in [3.63, 3.8) is 0 Å². The Bertz CT molecular complexity index is 423. The molecule has 0 aliphatic carbocycles. The molecule has 1 heterocycles. The van der Waals surface area contributed by atoms with Crippen LogP contribution in [0.2, 0.25) is 0 Å². The number of fused-ring (bicyclic) bond motifs is 1. The maximum Gasteiger partial charge on any atom is 0.162 e. The van der Waals surface area contributed by atoms with E-state index in [1.54, 1.807) is 0 Å². The Morgan fingerprint density at radius 3 is 3.12 bits per heavy atom. The van der Waals surface area contributed by atoms with Crippen LogP contribution in [0.4, 0.5) is 0 Å². The van der Waals surface area contributed by atoms with Crippen molar-refractivity contribution in [3.05, 3.63) is 47.5 Å². The summed E-state index contributed by atoms with van der Waals surface area (Å²) in [6.45, 7) is 5.60. The van der Waals surface area contributed by atoms with E-state index in [0.717, 1.165) is 37.9 Å². The highest BCUT2D eigenvalue weighted by Gasteiger charge is 2.11. The molecule has 0 saturated heterocycles. The lowest BCUT2D eigenvalue weighted by Crippen LogP contribution is -2.23. The van der Waals surface area contributed by atoms with Crippen molar-refractivity contribution in [3.8, 4) is 0 Å². The molecule has 0 saturated carbocycles. The number of ketones is 1. The van der Waals surface area contributed by atoms with Crippen molar-refractivity contribution < 1.29 is 4.79 Å². The summed E-state index contributed by atoms with van der Waals surface area (Å²) < 4.78 is 0.